The van der Waals surface area contributed by atoms with Crippen molar-refractivity contribution < 1.29 is 0 Å². The largest absolute Gasteiger partial charge is 0.308 e. The van der Waals surface area contributed by atoms with Gasteiger partial charge in [-0.2, -0.15) is 0 Å². The van der Waals surface area contributed by atoms with E-state index in [4.69, 9.17) is 0 Å². The van der Waals surface area contributed by atoms with E-state index in [0.717, 1.165) is 12.0 Å². The SMILES string of the molecule is BrC(Br)(Br)C1CCC2CCCCC2N1. The van der Waals surface area contributed by atoms with Gasteiger partial charge in [0.2, 0.25) is 0 Å². The molecule has 0 bridgehead atoms. The summed E-state index contributed by atoms with van der Waals surface area (Å²) in [7, 11) is 0. The Balaban J connectivity index is 1.96. The van der Waals surface area contributed by atoms with E-state index >= 15 is 0 Å². The molecule has 4 heteroatoms. The van der Waals surface area contributed by atoms with E-state index in [1.54, 1.807) is 0 Å². The van der Waals surface area contributed by atoms with Gasteiger partial charge in [0.1, 0.15) is 2.14 Å². The first-order valence-corrected chi connectivity index (χ1v) is 7.78. The fourth-order valence-electron chi connectivity index (χ4n) is 2.75. The van der Waals surface area contributed by atoms with Gasteiger partial charge in [-0.05, 0) is 31.6 Å². The van der Waals surface area contributed by atoms with Crippen LogP contribution in [0.1, 0.15) is 38.5 Å². The minimum atomic E-state index is -0.116. The van der Waals surface area contributed by atoms with Crippen molar-refractivity contribution in [2.45, 2.75) is 52.8 Å². The zero-order valence-corrected chi connectivity index (χ0v) is 12.9. The van der Waals surface area contributed by atoms with Crippen molar-refractivity contribution >= 4 is 47.8 Å². The van der Waals surface area contributed by atoms with Crippen LogP contribution in [-0.4, -0.2) is 14.2 Å². The molecular formula is C10H16Br3N. The van der Waals surface area contributed by atoms with E-state index in [1.165, 1.54) is 38.5 Å². The topological polar surface area (TPSA) is 12.0 Å². The Morgan fingerprint density at radius 1 is 0.929 bits per heavy atom. The summed E-state index contributed by atoms with van der Waals surface area (Å²) >= 11 is 10.9. The minimum Gasteiger partial charge on any atom is -0.308 e. The van der Waals surface area contributed by atoms with E-state index in [2.05, 4.69) is 53.1 Å². The molecule has 82 valence electrons. The molecule has 1 saturated heterocycles. The molecule has 2 fully saturated rings. The fraction of sp³-hybridized carbons (Fsp3) is 1.00. The first-order valence-electron chi connectivity index (χ1n) is 5.40. The summed E-state index contributed by atoms with van der Waals surface area (Å²) in [6.07, 6.45) is 8.28. The van der Waals surface area contributed by atoms with Crippen molar-refractivity contribution in [3.63, 3.8) is 0 Å². The van der Waals surface area contributed by atoms with Crippen LogP contribution in [0.4, 0.5) is 0 Å². The summed E-state index contributed by atoms with van der Waals surface area (Å²) in [5.41, 5.74) is 0. The number of halogens is 3. The molecule has 3 atom stereocenters. The molecule has 1 aliphatic carbocycles. The van der Waals surface area contributed by atoms with Crippen LogP contribution < -0.4 is 5.32 Å². The maximum Gasteiger partial charge on any atom is 0.150 e. The quantitative estimate of drug-likeness (QED) is 0.614. The lowest BCUT2D eigenvalue weighted by Crippen LogP contribution is -2.53. The van der Waals surface area contributed by atoms with Gasteiger partial charge in [0.05, 0.1) is 0 Å². The third kappa shape index (κ3) is 2.74. The summed E-state index contributed by atoms with van der Waals surface area (Å²) in [5.74, 6) is 0.940. The number of hydrogen-bond donors (Lipinski definition) is 1. The van der Waals surface area contributed by atoms with Gasteiger partial charge in [0, 0.05) is 12.1 Å². The smallest absolute Gasteiger partial charge is 0.150 e. The average Bonchev–Trinajstić information content (AvgIpc) is 2.16. The highest BCUT2D eigenvalue weighted by atomic mass is 80.0. The molecule has 1 heterocycles. The number of rotatable bonds is 0. The number of alkyl halides is 3. The standard InChI is InChI=1S/C10H16Br3N/c11-10(12,13)9-6-5-7-3-1-2-4-8(7)14-9/h7-9,14H,1-6H2. The van der Waals surface area contributed by atoms with E-state index < -0.39 is 0 Å². The molecule has 0 amide bonds. The fourth-order valence-corrected chi connectivity index (χ4v) is 3.84. The zero-order chi connectivity index (χ0) is 10.2. The van der Waals surface area contributed by atoms with E-state index in [9.17, 15) is 0 Å². The molecule has 0 aromatic heterocycles. The van der Waals surface area contributed by atoms with Crippen molar-refractivity contribution in [1.29, 1.82) is 0 Å². The number of piperidine rings is 1. The third-order valence-corrected chi connectivity index (χ3v) is 5.20. The van der Waals surface area contributed by atoms with Crippen molar-refractivity contribution in [3.05, 3.63) is 0 Å². The van der Waals surface area contributed by atoms with Crippen LogP contribution in [0.3, 0.4) is 0 Å². The van der Waals surface area contributed by atoms with Gasteiger partial charge in [-0.3, -0.25) is 0 Å². The highest BCUT2D eigenvalue weighted by molar-refractivity contribution is 9.39. The molecule has 0 aromatic carbocycles. The Kier molecular flexibility index (Phi) is 4.00. The summed E-state index contributed by atoms with van der Waals surface area (Å²) in [5, 5.41) is 3.75. The molecule has 2 aliphatic rings. The van der Waals surface area contributed by atoms with E-state index in [0.29, 0.717) is 6.04 Å². The highest BCUT2D eigenvalue weighted by Crippen LogP contribution is 2.43. The molecule has 2 rings (SSSR count). The molecule has 1 saturated carbocycles. The molecule has 1 N–H and O–H groups in total. The second-order valence-electron chi connectivity index (χ2n) is 4.49. The molecule has 0 spiro atoms. The Labute approximate surface area is 111 Å². The number of hydrogen-bond acceptors (Lipinski definition) is 1. The van der Waals surface area contributed by atoms with Crippen LogP contribution in [0, 0.1) is 5.92 Å². The maximum atomic E-state index is 3.75. The summed E-state index contributed by atoms with van der Waals surface area (Å²) in [6, 6.07) is 1.26. The molecular weight excluding hydrogens is 374 g/mol. The summed E-state index contributed by atoms with van der Waals surface area (Å²) in [6.45, 7) is 0. The number of fused-ring (bicyclic) bond motifs is 1. The first kappa shape index (κ1) is 11.9. The van der Waals surface area contributed by atoms with Crippen LogP contribution in [-0.2, 0) is 0 Å². The Hall–Kier alpha value is 1.40. The van der Waals surface area contributed by atoms with Crippen molar-refractivity contribution in [2.24, 2.45) is 5.92 Å². The van der Waals surface area contributed by atoms with Gasteiger partial charge >= 0.3 is 0 Å². The van der Waals surface area contributed by atoms with Gasteiger partial charge in [0.15, 0.2) is 0 Å². The van der Waals surface area contributed by atoms with Crippen molar-refractivity contribution in [1.82, 2.24) is 5.32 Å². The molecule has 1 aliphatic heterocycles. The molecule has 0 aromatic rings. The lowest BCUT2D eigenvalue weighted by atomic mass is 9.78. The molecule has 0 radical (unpaired) electrons. The zero-order valence-electron chi connectivity index (χ0n) is 8.11. The van der Waals surface area contributed by atoms with Gasteiger partial charge < -0.3 is 5.32 Å². The predicted octanol–water partition coefficient (Wildman–Crippen LogP) is 4.14. The monoisotopic (exact) mass is 387 g/mol. The van der Waals surface area contributed by atoms with Crippen LogP contribution in [0.15, 0.2) is 0 Å². The molecule has 3 unspecified atom stereocenters. The van der Waals surface area contributed by atoms with Crippen LogP contribution in [0.2, 0.25) is 0 Å². The highest BCUT2D eigenvalue weighted by Gasteiger charge is 2.39. The third-order valence-electron chi connectivity index (χ3n) is 3.55. The first-order chi connectivity index (χ1) is 6.57. The number of nitrogens with one attached hydrogen (secondary N) is 1. The summed E-state index contributed by atoms with van der Waals surface area (Å²) in [4.78, 5) is 0. The second-order valence-corrected chi connectivity index (χ2v) is 11.4. The van der Waals surface area contributed by atoms with Crippen LogP contribution in [0.5, 0.6) is 0 Å². The van der Waals surface area contributed by atoms with Crippen molar-refractivity contribution in [3.8, 4) is 0 Å². The predicted molar refractivity (Wildman–Crippen MR) is 71.4 cm³/mol. The average molecular weight is 390 g/mol. The Morgan fingerprint density at radius 3 is 2.36 bits per heavy atom. The lowest BCUT2D eigenvalue weighted by molar-refractivity contribution is 0.181. The second kappa shape index (κ2) is 4.72. The Bertz CT molecular complexity index is 202. The normalized spacial score (nSPS) is 39.2. The van der Waals surface area contributed by atoms with Gasteiger partial charge in [-0.25, -0.2) is 0 Å². The van der Waals surface area contributed by atoms with Crippen LogP contribution >= 0.6 is 47.8 Å². The lowest BCUT2D eigenvalue weighted by Gasteiger charge is -2.43. The molecule has 1 nitrogen and oxygen atoms in total. The minimum absolute atomic E-state index is 0.116. The van der Waals surface area contributed by atoms with Gasteiger partial charge in [-0.15, -0.1) is 0 Å². The molecule has 14 heavy (non-hydrogen) atoms. The van der Waals surface area contributed by atoms with E-state index in [1.807, 2.05) is 0 Å². The Morgan fingerprint density at radius 2 is 1.64 bits per heavy atom. The van der Waals surface area contributed by atoms with E-state index in [-0.39, 0.29) is 2.14 Å². The summed E-state index contributed by atoms with van der Waals surface area (Å²) < 4.78 is -0.116. The van der Waals surface area contributed by atoms with Crippen LogP contribution in [0.25, 0.3) is 0 Å². The van der Waals surface area contributed by atoms with Gasteiger partial charge in [-0.1, -0.05) is 60.6 Å². The van der Waals surface area contributed by atoms with Gasteiger partial charge in [0.25, 0.3) is 0 Å². The maximum absolute atomic E-state index is 3.75. The van der Waals surface area contributed by atoms with Crippen molar-refractivity contribution in [2.75, 3.05) is 0 Å².